The minimum absolute atomic E-state index is 0.0241. The fourth-order valence-electron chi connectivity index (χ4n) is 2.56. The highest BCUT2D eigenvalue weighted by Gasteiger charge is 2.51. The number of carboxylic acids is 1. The molecule has 1 aromatic carbocycles. The third-order valence-electron chi connectivity index (χ3n) is 3.87. The Morgan fingerprint density at radius 2 is 2.05 bits per heavy atom. The lowest BCUT2D eigenvalue weighted by Gasteiger charge is -2.06. The van der Waals surface area contributed by atoms with Gasteiger partial charge in [0.25, 0.3) is 0 Å². The zero-order valence-electron chi connectivity index (χ0n) is 10.2. The Labute approximate surface area is 115 Å². The summed E-state index contributed by atoms with van der Waals surface area (Å²) in [6, 6.07) is 4.46. The van der Waals surface area contributed by atoms with Gasteiger partial charge in [-0.05, 0) is 49.3 Å². The predicted octanol–water partition coefficient (Wildman–Crippen LogP) is 3.02. The maximum Gasteiger partial charge on any atom is 0.337 e. The van der Waals surface area contributed by atoms with E-state index < -0.39 is 5.97 Å². The van der Waals surface area contributed by atoms with Crippen molar-refractivity contribution in [2.24, 2.45) is 17.8 Å². The molecule has 4 nitrogen and oxygen atoms in total. The molecule has 2 saturated carbocycles. The van der Waals surface area contributed by atoms with Crippen LogP contribution in [0.15, 0.2) is 18.2 Å². The number of hydrogen-bond acceptors (Lipinski definition) is 2. The number of nitrogens with one attached hydrogen (secondary N) is 1. The minimum atomic E-state index is -1.07. The number of anilines is 1. The monoisotopic (exact) mass is 279 g/mol. The highest BCUT2D eigenvalue weighted by atomic mass is 35.5. The molecule has 0 spiro atoms. The van der Waals surface area contributed by atoms with Gasteiger partial charge in [0.15, 0.2) is 0 Å². The molecule has 0 bridgehead atoms. The number of carbonyl (C=O) groups excluding carboxylic acids is 1. The molecule has 0 radical (unpaired) electrons. The fourth-order valence-corrected chi connectivity index (χ4v) is 2.82. The van der Waals surface area contributed by atoms with Crippen LogP contribution in [-0.2, 0) is 4.79 Å². The smallest absolute Gasteiger partial charge is 0.337 e. The molecular weight excluding hydrogens is 266 g/mol. The number of halogens is 1. The van der Waals surface area contributed by atoms with Crippen LogP contribution in [-0.4, -0.2) is 17.0 Å². The Morgan fingerprint density at radius 1 is 1.32 bits per heavy atom. The van der Waals surface area contributed by atoms with Gasteiger partial charge in [-0.2, -0.15) is 0 Å². The molecule has 5 heteroatoms. The molecule has 19 heavy (non-hydrogen) atoms. The van der Waals surface area contributed by atoms with Crippen molar-refractivity contribution in [3.8, 4) is 0 Å². The van der Waals surface area contributed by atoms with Gasteiger partial charge in [-0.1, -0.05) is 11.6 Å². The van der Waals surface area contributed by atoms with E-state index in [1.165, 1.54) is 25.0 Å². The third kappa shape index (κ3) is 2.59. The summed E-state index contributed by atoms with van der Waals surface area (Å²) in [5, 5.41) is 11.8. The molecule has 0 aliphatic heterocycles. The molecule has 3 rings (SSSR count). The molecule has 2 N–H and O–H groups in total. The minimum Gasteiger partial charge on any atom is -0.478 e. The second kappa shape index (κ2) is 4.53. The Hall–Kier alpha value is -1.55. The molecule has 0 unspecified atom stereocenters. The van der Waals surface area contributed by atoms with Crippen LogP contribution in [0.2, 0.25) is 5.02 Å². The van der Waals surface area contributed by atoms with Crippen LogP contribution in [0.5, 0.6) is 0 Å². The van der Waals surface area contributed by atoms with E-state index in [-0.39, 0.29) is 22.4 Å². The summed E-state index contributed by atoms with van der Waals surface area (Å²) < 4.78 is 0. The van der Waals surface area contributed by atoms with Crippen molar-refractivity contribution in [2.75, 3.05) is 5.32 Å². The standard InChI is InChI=1S/C14H14ClNO3/c15-12-5-8(3-4-9(12)14(18)19)16-13(17)11-6-10(11)7-1-2-7/h3-5,7,10-11H,1-2,6H2,(H,16,17)(H,18,19)/t10-,11+/m0/s1. The molecule has 0 saturated heterocycles. The summed E-state index contributed by atoms with van der Waals surface area (Å²) >= 11 is 5.86. The first-order valence-electron chi connectivity index (χ1n) is 6.40. The normalized spacial score (nSPS) is 24.9. The molecular formula is C14H14ClNO3. The number of benzene rings is 1. The predicted molar refractivity (Wildman–Crippen MR) is 71.4 cm³/mol. The first-order chi connectivity index (χ1) is 9.06. The van der Waals surface area contributed by atoms with Crippen molar-refractivity contribution >= 4 is 29.2 Å². The van der Waals surface area contributed by atoms with Crippen LogP contribution in [0.25, 0.3) is 0 Å². The van der Waals surface area contributed by atoms with Crippen molar-refractivity contribution in [1.82, 2.24) is 0 Å². The topological polar surface area (TPSA) is 66.4 Å². The lowest BCUT2D eigenvalue weighted by molar-refractivity contribution is -0.117. The Bertz CT molecular complexity index is 554. The van der Waals surface area contributed by atoms with Crippen LogP contribution < -0.4 is 5.32 Å². The summed E-state index contributed by atoms with van der Waals surface area (Å²) in [5.74, 6) is 0.405. The summed E-state index contributed by atoms with van der Waals surface area (Å²) in [5.41, 5.74) is 0.600. The maximum atomic E-state index is 12.0. The number of aromatic carboxylic acids is 1. The van der Waals surface area contributed by atoms with Gasteiger partial charge in [0.2, 0.25) is 5.91 Å². The van der Waals surface area contributed by atoms with Gasteiger partial charge in [0.05, 0.1) is 10.6 Å². The van der Waals surface area contributed by atoms with Gasteiger partial charge in [-0.15, -0.1) is 0 Å². The Morgan fingerprint density at radius 3 is 2.63 bits per heavy atom. The maximum absolute atomic E-state index is 12.0. The van der Waals surface area contributed by atoms with Gasteiger partial charge in [-0.3, -0.25) is 4.79 Å². The zero-order valence-corrected chi connectivity index (χ0v) is 11.0. The van der Waals surface area contributed by atoms with Gasteiger partial charge in [0, 0.05) is 11.6 Å². The van der Waals surface area contributed by atoms with Gasteiger partial charge >= 0.3 is 5.97 Å². The van der Waals surface area contributed by atoms with Crippen molar-refractivity contribution in [2.45, 2.75) is 19.3 Å². The first-order valence-corrected chi connectivity index (χ1v) is 6.78. The van der Waals surface area contributed by atoms with E-state index >= 15 is 0 Å². The molecule has 2 aliphatic rings. The SMILES string of the molecule is O=C(O)c1ccc(NC(=O)[C@@H]2C[C@H]2C2CC2)cc1Cl. The quantitative estimate of drug-likeness (QED) is 0.890. The number of carbonyl (C=O) groups is 2. The van der Waals surface area contributed by atoms with Gasteiger partial charge in [-0.25, -0.2) is 4.79 Å². The number of amides is 1. The summed E-state index contributed by atoms with van der Waals surface area (Å²) in [7, 11) is 0. The lowest BCUT2D eigenvalue weighted by atomic mass is 10.2. The van der Waals surface area contributed by atoms with Crippen LogP contribution in [0.4, 0.5) is 5.69 Å². The lowest BCUT2D eigenvalue weighted by Crippen LogP contribution is -2.15. The highest BCUT2D eigenvalue weighted by molar-refractivity contribution is 6.33. The molecule has 1 amide bonds. The molecule has 2 fully saturated rings. The van der Waals surface area contributed by atoms with Crippen molar-refractivity contribution in [3.63, 3.8) is 0 Å². The molecule has 2 atom stereocenters. The second-order valence-electron chi connectivity index (χ2n) is 5.33. The van der Waals surface area contributed by atoms with Gasteiger partial charge < -0.3 is 10.4 Å². The van der Waals surface area contributed by atoms with E-state index in [2.05, 4.69) is 5.32 Å². The van der Waals surface area contributed by atoms with Crippen molar-refractivity contribution in [3.05, 3.63) is 28.8 Å². The average molecular weight is 280 g/mol. The van der Waals surface area contributed by atoms with Crippen LogP contribution in [0.1, 0.15) is 29.6 Å². The average Bonchev–Trinajstić information content (AvgIpc) is 3.20. The van der Waals surface area contributed by atoms with E-state index in [0.717, 1.165) is 12.3 Å². The molecule has 0 aromatic heterocycles. The van der Waals surface area contributed by atoms with Crippen molar-refractivity contribution < 1.29 is 14.7 Å². The highest BCUT2D eigenvalue weighted by Crippen LogP contribution is 2.54. The summed E-state index contributed by atoms with van der Waals surface area (Å²) in [6.45, 7) is 0. The Kier molecular flexibility index (Phi) is 2.97. The van der Waals surface area contributed by atoms with E-state index in [9.17, 15) is 9.59 Å². The molecule has 1 aromatic rings. The second-order valence-corrected chi connectivity index (χ2v) is 5.74. The van der Waals surface area contributed by atoms with Crippen molar-refractivity contribution in [1.29, 1.82) is 0 Å². The molecule has 2 aliphatic carbocycles. The van der Waals surface area contributed by atoms with Gasteiger partial charge in [0.1, 0.15) is 0 Å². The van der Waals surface area contributed by atoms with E-state index in [4.69, 9.17) is 16.7 Å². The third-order valence-corrected chi connectivity index (χ3v) is 4.18. The Balaban J connectivity index is 1.65. The summed E-state index contributed by atoms with van der Waals surface area (Å²) in [6.07, 6.45) is 3.50. The number of rotatable bonds is 4. The molecule has 0 heterocycles. The van der Waals surface area contributed by atoms with E-state index in [1.807, 2.05) is 0 Å². The van der Waals surface area contributed by atoms with Crippen LogP contribution in [0, 0.1) is 17.8 Å². The van der Waals surface area contributed by atoms with Crippen LogP contribution >= 0.6 is 11.6 Å². The zero-order chi connectivity index (χ0) is 13.6. The first kappa shape index (κ1) is 12.5. The number of carboxylic acid groups (broad SMARTS) is 1. The van der Waals surface area contributed by atoms with E-state index in [1.54, 1.807) is 6.07 Å². The summed E-state index contributed by atoms with van der Waals surface area (Å²) in [4.78, 5) is 22.8. The van der Waals surface area contributed by atoms with E-state index in [0.29, 0.717) is 11.6 Å². The van der Waals surface area contributed by atoms with Crippen LogP contribution in [0.3, 0.4) is 0 Å². The fraction of sp³-hybridized carbons (Fsp3) is 0.429. The largest absolute Gasteiger partial charge is 0.478 e. The molecule has 100 valence electrons. The number of hydrogen-bond donors (Lipinski definition) is 2.